The van der Waals surface area contributed by atoms with E-state index < -0.39 is 0 Å². The second-order valence-electron chi connectivity index (χ2n) is 30.0. The summed E-state index contributed by atoms with van der Waals surface area (Å²) in [5.74, 6) is 0. The Hall–Kier alpha value is -4.70. The van der Waals surface area contributed by atoms with Crippen molar-refractivity contribution in [2.45, 2.75) is 296 Å². The molecule has 5 aromatic carbocycles. The highest BCUT2D eigenvalue weighted by atomic mass is 16.7. The minimum atomic E-state index is -0.334. The second-order valence-corrected chi connectivity index (χ2v) is 30.0. The number of nitrogens with one attached hydrogen (secondary N) is 3. The predicted octanol–water partition coefficient (Wildman–Crippen LogP) is 18.1. The third-order valence-electron chi connectivity index (χ3n) is 20.2. The van der Waals surface area contributed by atoms with Gasteiger partial charge in [0.15, 0.2) is 25.2 Å². The summed E-state index contributed by atoms with van der Waals surface area (Å²) in [7, 11) is 6.40. The number of hydrogen-bond donors (Lipinski definition) is 5. The molecule has 0 aliphatic carbocycles. The van der Waals surface area contributed by atoms with Gasteiger partial charge in [0, 0.05) is 162 Å². The molecule has 0 aromatic heterocycles. The van der Waals surface area contributed by atoms with Gasteiger partial charge >= 0.3 is 0 Å². The molecule has 10 unspecified atom stereocenters. The molecule has 7 fully saturated rings. The number of benzene rings is 5. The van der Waals surface area contributed by atoms with Crippen LogP contribution in [0, 0.1) is 0 Å². The highest BCUT2D eigenvalue weighted by Gasteiger charge is 2.23. The molecule has 692 valence electrons. The first kappa shape index (κ1) is 115. The summed E-state index contributed by atoms with van der Waals surface area (Å²) >= 11 is 0. The quantitative estimate of drug-likeness (QED) is 0.0197. The van der Waals surface area contributed by atoms with Crippen molar-refractivity contribution in [2.24, 2.45) is 0 Å². The standard InChI is InChI=1S/C18H30N2O2.2C17H27NO3.C14H21NO2.C13H20N2.C6H14N2.C3H6O.6C2H6/c1-16(19-2)14-20(15-17-8-4-3-5-9-17)11-13-22-18-10-6-7-12-21-18;1-15(14-19)18(13-16-7-3-2-4-8-16)10-12-21-17-9-5-6-11-20-17;1-15(19)13-18(14-16-7-3-2-4-8-16)10-12-21-17-9-5-6-11-20-17;1-2-6-13(7-3-1)12-15-9-11-17-14-8-4-5-10-16-14;1-12-10-15(9-8-14(12)2)11-13-6-4-3-5-7-13;1-6-5-7-3-4-8(6)2;1-3-2-4-3;6*1-2/h3-5,8-9,16,18-19H,6-7,10-15H2,1-2H3;2*2-4,7-8,15,17,19H,5-6,9-14H2,1H3;1-3,6-7,14-15H,4-5,8-12H2;3-7,12H,8-11H2,1-2H3;6-7H,3-5H2,1-2H3;3H,2H2,1H3;6*1-2H3. The van der Waals surface area contributed by atoms with Gasteiger partial charge in [0.25, 0.3) is 0 Å². The molecule has 0 spiro atoms. The fourth-order valence-corrected chi connectivity index (χ4v) is 12.9. The number of hydrogen-bond acceptors (Lipinski definition) is 20. The lowest BCUT2D eigenvalue weighted by Gasteiger charge is -2.37. The van der Waals surface area contributed by atoms with Crippen LogP contribution >= 0.6 is 0 Å². The van der Waals surface area contributed by atoms with E-state index in [-0.39, 0.29) is 43.9 Å². The molecule has 7 aliphatic heterocycles. The highest BCUT2D eigenvalue weighted by molar-refractivity contribution is 5.18. The lowest BCUT2D eigenvalue weighted by atomic mass is 10.1. The Morgan fingerprint density at radius 1 is 0.458 bits per heavy atom. The summed E-state index contributed by atoms with van der Waals surface area (Å²) in [5, 5.41) is 29.1. The molecule has 0 radical (unpaired) electrons. The van der Waals surface area contributed by atoms with E-state index in [2.05, 4.69) is 196 Å². The van der Waals surface area contributed by atoms with Gasteiger partial charge in [0.1, 0.15) is 0 Å². The number of aliphatic hydroxyl groups is 2. The van der Waals surface area contributed by atoms with E-state index in [1.54, 1.807) is 0 Å². The molecular weight excluding hydrogens is 1500 g/mol. The summed E-state index contributed by atoms with van der Waals surface area (Å²) in [6.45, 7) is 60.6. The summed E-state index contributed by atoms with van der Waals surface area (Å²) < 4.78 is 50.1. The maximum absolute atomic E-state index is 9.64. The lowest BCUT2D eigenvalue weighted by molar-refractivity contribution is -0.165. The van der Waals surface area contributed by atoms with Crippen molar-refractivity contribution in [3.8, 4) is 0 Å². The van der Waals surface area contributed by atoms with Gasteiger partial charge in [0.05, 0.1) is 51.8 Å². The Bertz CT molecular complexity index is 2840. The van der Waals surface area contributed by atoms with Crippen LogP contribution in [0.25, 0.3) is 0 Å². The Morgan fingerprint density at radius 3 is 1.17 bits per heavy atom. The van der Waals surface area contributed by atoms with E-state index in [0.29, 0.717) is 37.9 Å². The van der Waals surface area contributed by atoms with E-state index >= 15 is 0 Å². The maximum atomic E-state index is 9.64. The second kappa shape index (κ2) is 81.3. The first-order valence-electron chi connectivity index (χ1n) is 47.1. The number of rotatable bonds is 33. The fraction of sp³-hybridized carbons (Fsp3) is 0.700. The zero-order valence-electron chi connectivity index (χ0n) is 80.0. The van der Waals surface area contributed by atoms with Gasteiger partial charge in [-0.1, -0.05) is 235 Å². The van der Waals surface area contributed by atoms with E-state index in [9.17, 15) is 10.2 Å². The number of nitrogens with zero attached hydrogens (tertiary/aromatic N) is 6. The summed E-state index contributed by atoms with van der Waals surface area (Å²) in [6.07, 6.45) is 13.7. The van der Waals surface area contributed by atoms with Gasteiger partial charge in [-0.2, -0.15) is 0 Å². The van der Waals surface area contributed by atoms with Gasteiger partial charge in [0.2, 0.25) is 0 Å². The van der Waals surface area contributed by atoms with Crippen LogP contribution in [0.3, 0.4) is 0 Å². The van der Waals surface area contributed by atoms with Crippen molar-refractivity contribution in [3.63, 3.8) is 0 Å². The third kappa shape index (κ3) is 61.6. The summed E-state index contributed by atoms with van der Waals surface area (Å²) in [4.78, 5) is 14.3. The van der Waals surface area contributed by atoms with Crippen LogP contribution in [0.5, 0.6) is 0 Å². The first-order chi connectivity index (χ1) is 58.7. The third-order valence-corrected chi connectivity index (χ3v) is 20.2. The molecule has 7 heterocycles. The summed E-state index contributed by atoms with van der Waals surface area (Å²) in [5.41, 5.74) is 6.59. The molecular formula is C100H181N9O11. The molecule has 20 nitrogen and oxygen atoms in total. The molecule has 20 heteroatoms. The number of piperazine rings is 2. The largest absolute Gasteiger partial charge is 0.395 e. The number of aliphatic hydroxyl groups excluding tert-OH is 2. The Kier molecular flexibility index (Phi) is 78.2. The van der Waals surface area contributed by atoms with Crippen LogP contribution in [0.15, 0.2) is 152 Å². The molecule has 0 saturated carbocycles. The molecule has 12 rings (SSSR count). The monoisotopic (exact) mass is 1680 g/mol. The Balaban J connectivity index is 0.00000138. The van der Waals surface area contributed by atoms with Crippen LogP contribution in [-0.4, -0.2) is 267 Å². The first-order valence-corrected chi connectivity index (χ1v) is 47.1. The van der Waals surface area contributed by atoms with E-state index in [1.165, 1.54) is 92.5 Å². The molecule has 7 saturated heterocycles. The van der Waals surface area contributed by atoms with Crippen molar-refractivity contribution < 1.29 is 52.8 Å². The van der Waals surface area contributed by atoms with E-state index in [0.717, 1.165) is 169 Å². The normalized spacial score (nSPS) is 20.7. The average Bonchev–Trinajstić information content (AvgIpc) is 1.11. The fourth-order valence-electron chi connectivity index (χ4n) is 12.9. The Labute approximate surface area is 735 Å². The van der Waals surface area contributed by atoms with Crippen molar-refractivity contribution >= 4 is 0 Å². The molecule has 5 N–H and O–H groups in total. The zero-order valence-corrected chi connectivity index (χ0v) is 80.0. The van der Waals surface area contributed by atoms with Crippen molar-refractivity contribution in [1.29, 1.82) is 0 Å². The van der Waals surface area contributed by atoms with Gasteiger partial charge in [-0.25, -0.2) is 0 Å². The highest BCUT2D eigenvalue weighted by Crippen LogP contribution is 2.19. The smallest absolute Gasteiger partial charge is 0.157 e. The van der Waals surface area contributed by atoms with Crippen LogP contribution in [0.4, 0.5) is 0 Å². The topological polar surface area (TPSA) is 182 Å². The predicted molar refractivity (Wildman–Crippen MR) is 506 cm³/mol. The van der Waals surface area contributed by atoms with E-state index in [1.807, 2.05) is 146 Å². The van der Waals surface area contributed by atoms with Crippen LogP contribution in [0.1, 0.15) is 229 Å². The van der Waals surface area contributed by atoms with Crippen LogP contribution in [-0.2, 0) is 75.4 Å². The van der Waals surface area contributed by atoms with Crippen molar-refractivity contribution in [3.05, 3.63) is 179 Å². The number of epoxide rings is 1. The SMILES string of the molecule is CC.CC.CC.CC.CC.CC.CC(CO)N(CCOC1CCCCO1)Cc1ccccc1.CC(O)CN(CCOC1CCCCO1)Cc1ccccc1.CC1CN(Cc2ccccc2)CCN1C.CC1CNCCN1C.CC1CO1.CNC(C)CN(CCOC1CCCCO1)Cc1ccccc1.c1ccc(CNCCOC2CCCCO2)cc1. The number of likely N-dealkylation sites (N-methyl/N-ethyl adjacent to an activating group) is 3. The molecule has 7 aliphatic rings. The minimum absolute atomic E-state index is 0.00838. The molecule has 0 bridgehead atoms. The van der Waals surface area contributed by atoms with E-state index in [4.69, 9.17) is 42.6 Å². The van der Waals surface area contributed by atoms with Gasteiger partial charge in [-0.3, -0.25) is 19.6 Å². The summed E-state index contributed by atoms with van der Waals surface area (Å²) in [6, 6.07) is 54.4. The maximum Gasteiger partial charge on any atom is 0.157 e. The number of ether oxygens (including phenoxy) is 9. The van der Waals surface area contributed by atoms with Crippen molar-refractivity contribution in [1.82, 2.24) is 45.3 Å². The van der Waals surface area contributed by atoms with Gasteiger partial charge in [-0.15, -0.1) is 0 Å². The molecule has 0 amide bonds. The van der Waals surface area contributed by atoms with Crippen LogP contribution < -0.4 is 16.0 Å². The van der Waals surface area contributed by atoms with Gasteiger partial charge in [-0.05, 0) is 168 Å². The molecule has 10 atom stereocenters. The minimum Gasteiger partial charge on any atom is -0.395 e. The molecule has 120 heavy (non-hydrogen) atoms. The van der Waals surface area contributed by atoms with Crippen molar-refractivity contribution in [2.75, 3.05) is 166 Å². The van der Waals surface area contributed by atoms with Gasteiger partial charge < -0.3 is 78.6 Å². The lowest BCUT2D eigenvalue weighted by Crippen LogP contribution is -2.49. The zero-order chi connectivity index (χ0) is 88.9. The Morgan fingerprint density at radius 2 is 0.825 bits per heavy atom. The average molecular weight is 1690 g/mol. The van der Waals surface area contributed by atoms with Crippen LogP contribution in [0.2, 0.25) is 0 Å². The molecule has 5 aromatic rings.